The maximum atomic E-state index is 12.4. The first-order valence-electron chi connectivity index (χ1n) is 7.43. The number of hydrogen-bond donors (Lipinski definition) is 0. The third kappa shape index (κ3) is 5.28. The summed E-state index contributed by atoms with van der Waals surface area (Å²) >= 11 is 1.61. The first kappa shape index (κ1) is 19.4. The number of alkyl halides is 3. The molecular formula is C16H15F3IN3O2. The van der Waals surface area contributed by atoms with E-state index in [9.17, 15) is 18.0 Å². The summed E-state index contributed by atoms with van der Waals surface area (Å²) in [4.78, 5) is 22.2. The lowest BCUT2D eigenvalue weighted by atomic mass is 10.1. The Balaban J connectivity index is 2.51. The van der Waals surface area contributed by atoms with Gasteiger partial charge in [-0.05, 0) is 32.0 Å². The zero-order chi connectivity index (χ0) is 18.6. The number of aromatic nitrogens is 2. The molecule has 0 fully saturated rings. The molecule has 9 heteroatoms. The highest BCUT2D eigenvalue weighted by atomic mass is 127. The van der Waals surface area contributed by atoms with Crippen LogP contribution >= 0.6 is 22.6 Å². The lowest BCUT2D eigenvalue weighted by Gasteiger charge is -2.19. The number of nitrogens with zero attached hydrogens (tertiary/aromatic N) is 3. The maximum Gasteiger partial charge on any atom is 0.573 e. The molecule has 0 aliphatic rings. The normalized spacial score (nSPS) is 11.3. The molecule has 1 aromatic heterocycles. The van der Waals surface area contributed by atoms with Gasteiger partial charge >= 0.3 is 6.36 Å². The van der Waals surface area contributed by atoms with E-state index < -0.39 is 6.36 Å². The molecule has 2 rings (SSSR count). The molecule has 2 aromatic rings. The standard InChI is InChI=1S/C16H15F3IN3O2/c1-3-23(4-2)15-21-12(9-13(22-15)14(20)24)10-6-5-7-11(8-10)25-16(17,18)19/h5-9H,3-4H2,1-2H3. The number of halogens is 4. The van der Waals surface area contributed by atoms with Crippen molar-refractivity contribution in [3.8, 4) is 17.0 Å². The molecule has 0 bridgehead atoms. The molecule has 134 valence electrons. The number of rotatable bonds is 6. The molecule has 0 atom stereocenters. The molecule has 1 heterocycles. The number of carbonyl (C=O) groups excluding carboxylic acids is 1. The lowest BCUT2D eigenvalue weighted by molar-refractivity contribution is -0.274. The second-order valence-corrected chi connectivity index (χ2v) is 5.94. The minimum Gasteiger partial charge on any atom is -0.406 e. The number of anilines is 1. The van der Waals surface area contributed by atoms with E-state index in [-0.39, 0.29) is 15.2 Å². The van der Waals surface area contributed by atoms with Crippen LogP contribution in [-0.2, 0) is 0 Å². The molecule has 0 saturated heterocycles. The van der Waals surface area contributed by atoms with Gasteiger partial charge in [0.2, 0.25) is 9.74 Å². The van der Waals surface area contributed by atoms with Crippen molar-refractivity contribution in [2.45, 2.75) is 20.2 Å². The van der Waals surface area contributed by atoms with Gasteiger partial charge < -0.3 is 9.64 Å². The summed E-state index contributed by atoms with van der Waals surface area (Å²) < 4.78 is 40.9. The minimum absolute atomic E-state index is 0.189. The molecule has 0 saturated carbocycles. The van der Waals surface area contributed by atoms with Gasteiger partial charge in [-0.25, -0.2) is 9.97 Å². The smallest absolute Gasteiger partial charge is 0.406 e. The predicted octanol–water partition coefficient (Wildman–Crippen LogP) is 4.46. The molecule has 0 aliphatic heterocycles. The Bertz CT molecular complexity index is 765. The van der Waals surface area contributed by atoms with Crippen molar-refractivity contribution in [2.24, 2.45) is 0 Å². The summed E-state index contributed by atoms with van der Waals surface area (Å²) in [7, 11) is 0. The fraction of sp³-hybridized carbons (Fsp3) is 0.312. The summed E-state index contributed by atoms with van der Waals surface area (Å²) in [6, 6.07) is 6.91. The van der Waals surface area contributed by atoms with Crippen molar-refractivity contribution in [1.29, 1.82) is 0 Å². The number of ether oxygens (including phenoxy) is 1. The average Bonchev–Trinajstić information content (AvgIpc) is 2.54. The van der Waals surface area contributed by atoms with Crippen LogP contribution in [0.2, 0.25) is 0 Å². The van der Waals surface area contributed by atoms with Crippen LogP contribution < -0.4 is 9.64 Å². The Morgan fingerprint density at radius 3 is 2.44 bits per heavy atom. The molecule has 0 unspecified atom stereocenters. The summed E-state index contributed by atoms with van der Waals surface area (Å²) in [6.07, 6.45) is -4.78. The summed E-state index contributed by atoms with van der Waals surface area (Å²) in [5, 5.41) is 0. The Kier molecular flexibility index (Phi) is 6.20. The van der Waals surface area contributed by atoms with Crippen molar-refractivity contribution in [3.05, 3.63) is 36.0 Å². The summed E-state index contributed by atoms with van der Waals surface area (Å²) in [5.41, 5.74) is 0.940. The second-order valence-electron chi connectivity index (χ2n) is 4.96. The molecular weight excluding hydrogens is 450 g/mol. The molecule has 1 aromatic carbocycles. The molecule has 0 amide bonds. The van der Waals surface area contributed by atoms with Crippen LogP contribution in [0.1, 0.15) is 24.3 Å². The van der Waals surface area contributed by atoms with Gasteiger partial charge in [-0.3, -0.25) is 4.79 Å². The minimum atomic E-state index is -4.78. The Hall–Kier alpha value is -1.91. The number of hydrogen-bond acceptors (Lipinski definition) is 5. The monoisotopic (exact) mass is 465 g/mol. The fourth-order valence-corrected chi connectivity index (χ4v) is 2.46. The summed E-state index contributed by atoms with van der Waals surface area (Å²) in [6.45, 7) is 5.10. The fourth-order valence-electron chi connectivity index (χ4n) is 2.18. The number of benzene rings is 1. The maximum absolute atomic E-state index is 12.4. The molecule has 0 radical (unpaired) electrons. The van der Waals surface area contributed by atoms with Gasteiger partial charge in [-0.2, -0.15) is 0 Å². The van der Waals surface area contributed by atoms with E-state index in [1.165, 1.54) is 24.3 Å². The third-order valence-electron chi connectivity index (χ3n) is 3.33. The van der Waals surface area contributed by atoms with E-state index in [2.05, 4.69) is 14.7 Å². The Labute approximate surface area is 156 Å². The molecule has 0 spiro atoms. The zero-order valence-corrected chi connectivity index (χ0v) is 15.6. The Morgan fingerprint density at radius 1 is 1.20 bits per heavy atom. The molecule has 0 aliphatic carbocycles. The van der Waals surface area contributed by atoms with Gasteiger partial charge in [0.1, 0.15) is 11.4 Å². The largest absolute Gasteiger partial charge is 0.573 e. The van der Waals surface area contributed by atoms with Crippen molar-refractivity contribution in [1.82, 2.24) is 9.97 Å². The molecule has 25 heavy (non-hydrogen) atoms. The van der Waals surface area contributed by atoms with Crippen LogP contribution in [0.4, 0.5) is 19.1 Å². The van der Waals surface area contributed by atoms with E-state index in [0.717, 1.165) is 0 Å². The SMILES string of the molecule is CCN(CC)c1nc(C(=O)I)cc(-c2cccc(OC(F)(F)F)c2)n1. The first-order chi connectivity index (χ1) is 11.7. The summed E-state index contributed by atoms with van der Waals surface area (Å²) in [5.74, 6) is 0.00000947. The van der Waals surface area contributed by atoms with Crippen molar-refractivity contribution in [3.63, 3.8) is 0 Å². The van der Waals surface area contributed by atoms with Crippen LogP contribution in [0.25, 0.3) is 11.3 Å². The Morgan fingerprint density at radius 2 is 1.88 bits per heavy atom. The quantitative estimate of drug-likeness (QED) is 0.466. The van der Waals surface area contributed by atoms with Crippen LogP contribution in [-0.4, -0.2) is 33.2 Å². The predicted molar refractivity (Wildman–Crippen MR) is 96.1 cm³/mol. The molecule has 0 N–H and O–H groups in total. The van der Waals surface area contributed by atoms with Crippen LogP contribution in [0, 0.1) is 0 Å². The topological polar surface area (TPSA) is 55.3 Å². The highest BCUT2D eigenvalue weighted by Crippen LogP contribution is 2.28. The highest BCUT2D eigenvalue weighted by Gasteiger charge is 2.31. The van der Waals surface area contributed by atoms with Gasteiger partial charge in [0.15, 0.2) is 0 Å². The third-order valence-corrected chi connectivity index (χ3v) is 3.88. The van der Waals surface area contributed by atoms with E-state index in [1.807, 2.05) is 18.7 Å². The van der Waals surface area contributed by atoms with Crippen LogP contribution in [0.5, 0.6) is 5.75 Å². The van der Waals surface area contributed by atoms with Gasteiger partial charge in [0.25, 0.3) is 0 Å². The van der Waals surface area contributed by atoms with E-state index in [4.69, 9.17) is 0 Å². The number of carbonyl (C=O) groups is 1. The van der Waals surface area contributed by atoms with Crippen molar-refractivity contribution >= 4 is 32.3 Å². The van der Waals surface area contributed by atoms with Crippen LogP contribution in [0.15, 0.2) is 30.3 Å². The van der Waals surface area contributed by atoms with Crippen molar-refractivity contribution < 1.29 is 22.7 Å². The van der Waals surface area contributed by atoms with Gasteiger partial charge in [-0.15, -0.1) is 13.2 Å². The van der Waals surface area contributed by atoms with Gasteiger partial charge in [-0.1, -0.05) is 12.1 Å². The lowest BCUT2D eigenvalue weighted by Crippen LogP contribution is -2.25. The van der Waals surface area contributed by atoms with Gasteiger partial charge in [0.05, 0.1) is 5.69 Å². The highest BCUT2D eigenvalue weighted by molar-refractivity contribution is 14.1. The first-order valence-corrected chi connectivity index (χ1v) is 8.51. The van der Waals surface area contributed by atoms with Crippen LogP contribution in [0.3, 0.4) is 0 Å². The van der Waals surface area contributed by atoms with Crippen molar-refractivity contribution in [2.75, 3.05) is 18.0 Å². The van der Waals surface area contributed by atoms with E-state index in [1.54, 1.807) is 28.7 Å². The average molecular weight is 465 g/mol. The van der Waals surface area contributed by atoms with Gasteiger partial charge in [0, 0.05) is 41.2 Å². The second kappa shape index (κ2) is 7.98. The van der Waals surface area contributed by atoms with E-state index in [0.29, 0.717) is 30.3 Å². The van der Waals surface area contributed by atoms with E-state index >= 15 is 0 Å². The zero-order valence-electron chi connectivity index (χ0n) is 13.5. The molecule has 5 nitrogen and oxygen atoms in total.